The largest absolute Gasteiger partial charge is 0.465 e. The highest BCUT2D eigenvalue weighted by atomic mass is 19.1. The molecule has 1 aliphatic rings. The van der Waals surface area contributed by atoms with E-state index in [-0.39, 0.29) is 37.5 Å². The van der Waals surface area contributed by atoms with Crippen molar-refractivity contribution >= 4 is 17.6 Å². The third kappa shape index (κ3) is 4.95. The van der Waals surface area contributed by atoms with Gasteiger partial charge in [-0.05, 0) is 56.1 Å². The number of benzene rings is 2. The predicted octanol–water partition coefficient (Wildman–Crippen LogP) is 3.56. The predicted molar refractivity (Wildman–Crippen MR) is 105 cm³/mol. The molecule has 28 heavy (non-hydrogen) atoms. The summed E-state index contributed by atoms with van der Waals surface area (Å²) in [7, 11) is 0. The number of nitrogens with zero attached hydrogens (tertiary/aromatic N) is 2. The lowest BCUT2D eigenvalue weighted by molar-refractivity contribution is -0.142. The Hall–Kier alpha value is -2.73. The van der Waals surface area contributed by atoms with Gasteiger partial charge in [-0.15, -0.1) is 0 Å². The van der Waals surface area contributed by atoms with Crippen molar-refractivity contribution in [3.63, 3.8) is 0 Å². The summed E-state index contributed by atoms with van der Waals surface area (Å²) in [5.74, 6) is -0.862. The van der Waals surface area contributed by atoms with Crippen LogP contribution in [-0.4, -0.2) is 43.0 Å². The second-order valence-corrected chi connectivity index (χ2v) is 6.80. The SMILES string of the molecule is CCOC(=O)CN(C(=O)CN1CCC[C@H]1c1ccc(F)cc1)c1ccccc1. The fraction of sp³-hybridized carbons (Fsp3) is 0.364. The summed E-state index contributed by atoms with van der Waals surface area (Å²) >= 11 is 0. The second kappa shape index (κ2) is 9.46. The third-order valence-corrected chi connectivity index (χ3v) is 4.92. The maximum atomic E-state index is 13.2. The average molecular weight is 384 g/mol. The maximum absolute atomic E-state index is 13.2. The van der Waals surface area contributed by atoms with Crippen molar-refractivity contribution in [3.05, 3.63) is 66.0 Å². The molecule has 0 N–H and O–H groups in total. The molecule has 148 valence electrons. The van der Waals surface area contributed by atoms with Gasteiger partial charge in [-0.2, -0.15) is 0 Å². The molecule has 0 aromatic heterocycles. The Kier molecular flexibility index (Phi) is 6.76. The van der Waals surface area contributed by atoms with Gasteiger partial charge < -0.3 is 9.64 Å². The highest BCUT2D eigenvalue weighted by Crippen LogP contribution is 2.32. The van der Waals surface area contributed by atoms with Crippen LogP contribution in [0.1, 0.15) is 31.4 Å². The molecule has 1 heterocycles. The normalized spacial score (nSPS) is 16.7. The van der Waals surface area contributed by atoms with E-state index in [0.29, 0.717) is 5.69 Å². The van der Waals surface area contributed by atoms with Gasteiger partial charge in [0, 0.05) is 11.7 Å². The van der Waals surface area contributed by atoms with E-state index in [9.17, 15) is 14.0 Å². The number of hydrogen-bond donors (Lipinski definition) is 0. The first-order valence-corrected chi connectivity index (χ1v) is 9.59. The summed E-state index contributed by atoms with van der Waals surface area (Å²) in [6.07, 6.45) is 1.89. The Balaban J connectivity index is 1.75. The van der Waals surface area contributed by atoms with Gasteiger partial charge >= 0.3 is 5.97 Å². The van der Waals surface area contributed by atoms with Crippen LogP contribution in [0, 0.1) is 5.82 Å². The zero-order chi connectivity index (χ0) is 19.9. The Bertz CT molecular complexity index is 795. The molecule has 0 unspecified atom stereocenters. The van der Waals surface area contributed by atoms with Gasteiger partial charge in [0.1, 0.15) is 12.4 Å². The standard InChI is InChI=1S/C22H25FN2O3/c1-2-28-22(27)16-25(19-7-4-3-5-8-19)21(26)15-24-14-6-9-20(24)17-10-12-18(23)13-11-17/h3-5,7-8,10-13,20H,2,6,9,14-16H2,1H3/t20-/m0/s1. The molecular formula is C22H25FN2O3. The van der Waals surface area contributed by atoms with Gasteiger partial charge in [-0.3, -0.25) is 14.5 Å². The first-order valence-electron chi connectivity index (χ1n) is 9.59. The number of likely N-dealkylation sites (tertiary alicyclic amines) is 1. The van der Waals surface area contributed by atoms with Crippen LogP contribution in [0.2, 0.25) is 0 Å². The van der Waals surface area contributed by atoms with Crippen molar-refractivity contribution in [1.82, 2.24) is 4.90 Å². The number of halogens is 1. The highest BCUT2D eigenvalue weighted by molar-refractivity contribution is 5.98. The Morgan fingerprint density at radius 3 is 2.54 bits per heavy atom. The smallest absolute Gasteiger partial charge is 0.326 e. The van der Waals surface area contributed by atoms with E-state index in [1.165, 1.54) is 17.0 Å². The van der Waals surface area contributed by atoms with Gasteiger partial charge in [-0.1, -0.05) is 30.3 Å². The molecular weight excluding hydrogens is 359 g/mol. The summed E-state index contributed by atoms with van der Waals surface area (Å²) in [6.45, 7) is 2.87. The minimum absolute atomic E-state index is 0.0739. The van der Waals surface area contributed by atoms with E-state index in [0.717, 1.165) is 24.9 Å². The van der Waals surface area contributed by atoms with E-state index in [1.807, 2.05) is 18.2 Å². The molecule has 2 aromatic rings. The highest BCUT2D eigenvalue weighted by Gasteiger charge is 2.30. The van der Waals surface area contributed by atoms with Gasteiger partial charge in [0.05, 0.1) is 13.2 Å². The molecule has 0 aliphatic carbocycles. The molecule has 1 fully saturated rings. The fourth-order valence-corrected chi connectivity index (χ4v) is 3.60. The number of amides is 1. The molecule has 3 rings (SSSR count). The quantitative estimate of drug-likeness (QED) is 0.685. The average Bonchev–Trinajstić information content (AvgIpc) is 3.15. The summed E-state index contributed by atoms with van der Waals surface area (Å²) in [4.78, 5) is 28.7. The van der Waals surface area contributed by atoms with Crippen LogP contribution < -0.4 is 4.90 Å². The van der Waals surface area contributed by atoms with Crippen LogP contribution in [0.15, 0.2) is 54.6 Å². The Morgan fingerprint density at radius 1 is 1.14 bits per heavy atom. The van der Waals surface area contributed by atoms with Crippen molar-refractivity contribution < 1.29 is 18.7 Å². The third-order valence-electron chi connectivity index (χ3n) is 4.92. The Labute approximate surface area is 164 Å². The van der Waals surface area contributed by atoms with Crippen LogP contribution in [0.3, 0.4) is 0 Å². The summed E-state index contributed by atoms with van der Waals surface area (Å²) < 4.78 is 18.3. The number of carbonyl (C=O) groups excluding carboxylic acids is 2. The molecule has 2 aromatic carbocycles. The molecule has 5 nitrogen and oxygen atoms in total. The number of para-hydroxylation sites is 1. The van der Waals surface area contributed by atoms with Crippen LogP contribution in [-0.2, 0) is 14.3 Å². The fourth-order valence-electron chi connectivity index (χ4n) is 3.60. The van der Waals surface area contributed by atoms with Gasteiger partial charge in [-0.25, -0.2) is 4.39 Å². The Morgan fingerprint density at radius 2 is 1.86 bits per heavy atom. The number of carbonyl (C=O) groups is 2. The molecule has 1 atom stereocenters. The monoisotopic (exact) mass is 384 g/mol. The van der Waals surface area contributed by atoms with Crippen molar-refractivity contribution in [2.75, 3.05) is 31.1 Å². The minimum Gasteiger partial charge on any atom is -0.465 e. The zero-order valence-corrected chi connectivity index (χ0v) is 16.0. The van der Waals surface area contributed by atoms with Crippen molar-refractivity contribution in [2.45, 2.75) is 25.8 Å². The van der Waals surface area contributed by atoms with Gasteiger partial charge in [0.15, 0.2) is 0 Å². The maximum Gasteiger partial charge on any atom is 0.326 e. The van der Waals surface area contributed by atoms with E-state index < -0.39 is 5.97 Å². The van der Waals surface area contributed by atoms with Gasteiger partial charge in [0.2, 0.25) is 5.91 Å². The molecule has 0 bridgehead atoms. The molecule has 1 amide bonds. The first-order chi connectivity index (χ1) is 13.6. The number of rotatable bonds is 7. The minimum atomic E-state index is -0.434. The lowest BCUT2D eigenvalue weighted by Crippen LogP contribution is -2.43. The first kappa shape index (κ1) is 20.0. The summed E-state index contributed by atoms with van der Waals surface area (Å²) in [6, 6.07) is 15.7. The van der Waals surface area contributed by atoms with Crippen LogP contribution in [0.5, 0.6) is 0 Å². The van der Waals surface area contributed by atoms with Gasteiger partial charge in [0.25, 0.3) is 0 Å². The molecule has 0 saturated carbocycles. The lowest BCUT2D eigenvalue weighted by atomic mass is 10.0. The van der Waals surface area contributed by atoms with E-state index in [4.69, 9.17) is 4.74 Å². The van der Waals surface area contributed by atoms with Crippen LogP contribution >= 0.6 is 0 Å². The van der Waals surface area contributed by atoms with Crippen molar-refractivity contribution in [2.24, 2.45) is 0 Å². The molecule has 1 aliphatic heterocycles. The molecule has 0 spiro atoms. The van der Waals surface area contributed by atoms with E-state index >= 15 is 0 Å². The topological polar surface area (TPSA) is 49.9 Å². The number of esters is 1. The van der Waals surface area contributed by atoms with Crippen LogP contribution in [0.4, 0.5) is 10.1 Å². The van der Waals surface area contributed by atoms with E-state index in [1.54, 1.807) is 31.2 Å². The van der Waals surface area contributed by atoms with E-state index in [2.05, 4.69) is 4.90 Å². The summed E-state index contributed by atoms with van der Waals surface area (Å²) in [5, 5.41) is 0. The van der Waals surface area contributed by atoms with Crippen molar-refractivity contribution in [1.29, 1.82) is 0 Å². The molecule has 1 saturated heterocycles. The zero-order valence-electron chi connectivity index (χ0n) is 16.0. The summed E-state index contributed by atoms with van der Waals surface area (Å²) in [5.41, 5.74) is 1.67. The van der Waals surface area contributed by atoms with Crippen molar-refractivity contribution in [3.8, 4) is 0 Å². The lowest BCUT2D eigenvalue weighted by Gasteiger charge is -2.28. The van der Waals surface area contributed by atoms with Crippen LogP contribution in [0.25, 0.3) is 0 Å². The number of ether oxygens (including phenoxy) is 1. The molecule has 0 radical (unpaired) electrons. The molecule has 6 heteroatoms. The number of anilines is 1. The second-order valence-electron chi connectivity index (χ2n) is 6.80. The number of hydrogen-bond acceptors (Lipinski definition) is 4.